The third kappa shape index (κ3) is 3.25. The van der Waals surface area contributed by atoms with Crippen LogP contribution in [0, 0.1) is 0 Å². The Labute approximate surface area is 143 Å². The van der Waals surface area contributed by atoms with Crippen LogP contribution in [-0.2, 0) is 10.0 Å². The molecule has 0 saturated heterocycles. The van der Waals surface area contributed by atoms with Gasteiger partial charge in [0.2, 0.25) is 10.0 Å². The van der Waals surface area contributed by atoms with E-state index >= 15 is 0 Å². The van der Waals surface area contributed by atoms with Gasteiger partial charge in [0.1, 0.15) is 4.90 Å². The van der Waals surface area contributed by atoms with E-state index in [-0.39, 0.29) is 4.90 Å². The standard InChI is InChI=1S/C15H11Cl2N3O2S/c16-11-4-2-10(3-5-11)12-8-15(23(18,21)22)14(9-13(12)17)20-7-1-6-19-20/h1-9H,(H2,18,21,22). The van der Waals surface area contributed by atoms with Gasteiger partial charge in [-0.25, -0.2) is 18.2 Å². The maximum absolute atomic E-state index is 12.0. The molecule has 118 valence electrons. The maximum atomic E-state index is 12.0. The first-order valence-corrected chi connectivity index (χ1v) is 8.79. The van der Waals surface area contributed by atoms with Crippen molar-refractivity contribution in [2.24, 2.45) is 5.14 Å². The van der Waals surface area contributed by atoms with Crippen LogP contribution in [0.1, 0.15) is 0 Å². The molecule has 0 amide bonds. The van der Waals surface area contributed by atoms with E-state index in [4.69, 9.17) is 28.3 Å². The molecule has 0 saturated carbocycles. The quantitative estimate of drug-likeness (QED) is 0.769. The molecule has 0 aliphatic carbocycles. The molecular weight excluding hydrogens is 357 g/mol. The fourth-order valence-corrected chi connectivity index (χ4v) is 3.33. The van der Waals surface area contributed by atoms with Crippen LogP contribution in [0.5, 0.6) is 0 Å². The molecule has 0 radical (unpaired) electrons. The number of aromatic nitrogens is 2. The minimum absolute atomic E-state index is 0.0597. The summed E-state index contributed by atoms with van der Waals surface area (Å²) in [6.45, 7) is 0. The van der Waals surface area contributed by atoms with Crippen molar-refractivity contribution in [1.82, 2.24) is 9.78 Å². The van der Waals surface area contributed by atoms with Crippen molar-refractivity contribution in [1.29, 1.82) is 0 Å². The highest BCUT2D eigenvalue weighted by Gasteiger charge is 2.19. The van der Waals surface area contributed by atoms with Crippen molar-refractivity contribution in [3.05, 3.63) is 64.9 Å². The summed E-state index contributed by atoms with van der Waals surface area (Å²) >= 11 is 12.2. The lowest BCUT2D eigenvalue weighted by Gasteiger charge is -2.13. The van der Waals surface area contributed by atoms with Crippen LogP contribution < -0.4 is 5.14 Å². The zero-order chi connectivity index (χ0) is 16.6. The predicted octanol–water partition coefficient (Wildman–Crippen LogP) is 3.49. The molecule has 0 aliphatic heterocycles. The second-order valence-corrected chi connectivity index (χ2v) is 7.18. The number of nitrogens with two attached hydrogens (primary N) is 1. The fraction of sp³-hybridized carbons (Fsp3) is 0. The number of sulfonamides is 1. The SMILES string of the molecule is NS(=O)(=O)c1cc(-c2ccc(Cl)cc2)c(Cl)cc1-n1cccn1. The minimum atomic E-state index is -3.96. The number of primary sulfonamides is 1. The van der Waals surface area contributed by atoms with Crippen molar-refractivity contribution in [3.8, 4) is 16.8 Å². The Morgan fingerprint density at radius 2 is 1.78 bits per heavy atom. The minimum Gasteiger partial charge on any atom is -0.240 e. The smallest absolute Gasteiger partial charge is 0.240 e. The zero-order valence-corrected chi connectivity index (χ0v) is 14.0. The second kappa shape index (κ2) is 5.98. The number of rotatable bonds is 3. The number of halogens is 2. The first-order chi connectivity index (χ1) is 10.9. The van der Waals surface area contributed by atoms with Crippen LogP contribution in [0.4, 0.5) is 0 Å². The number of hydrogen-bond acceptors (Lipinski definition) is 3. The highest BCUT2D eigenvalue weighted by Crippen LogP contribution is 2.34. The van der Waals surface area contributed by atoms with E-state index in [9.17, 15) is 8.42 Å². The molecule has 3 aromatic rings. The van der Waals surface area contributed by atoms with E-state index in [1.54, 1.807) is 36.5 Å². The van der Waals surface area contributed by atoms with E-state index in [1.165, 1.54) is 23.0 Å². The summed E-state index contributed by atoms with van der Waals surface area (Å²) < 4.78 is 25.3. The number of hydrogen-bond donors (Lipinski definition) is 1. The summed E-state index contributed by atoms with van der Waals surface area (Å²) in [4.78, 5) is -0.0597. The Morgan fingerprint density at radius 1 is 1.09 bits per heavy atom. The summed E-state index contributed by atoms with van der Waals surface area (Å²) in [5, 5.41) is 10.3. The molecule has 0 spiro atoms. The highest BCUT2D eigenvalue weighted by atomic mass is 35.5. The Kier molecular flexibility index (Phi) is 4.16. The molecule has 2 aromatic carbocycles. The van der Waals surface area contributed by atoms with Gasteiger partial charge in [-0.15, -0.1) is 0 Å². The number of benzene rings is 2. The van der Waals surface area contributed by atoms with Crippen molar-refractivity contribution in [2.75, 3.05) is 0 Å². The molecule has 1 heterocycles. The monoisotopic (exact) mass is 367 g/mol. The molecule has 5 nitrogen and oxygen atoms in total. The topological polar surface area (TPSA) is 78.0 Å². The Balaban J connectivity index is 2.27. The zero-order valence-electron chi connectivity index (χ0n) is 11.6. The van der Waals surface area contributed by atoms with E-state index in [0.29, 0.717) is 21.3 Å². The molecule has 0 aliphatic rings. The van der Waals surface area contributed by atoms with Crippen molar-refractivity contribution in [2.45, 2.75) is 4.90 Å². The van der Waals surface area contributed by atoms with Crippen LogP contribution in [0.25, 0.3) is 16.8 Å². The largest absolute Gasteiger partial charge is 0.240 e. The van der Waals surface area contributed by atoms with Crippen molar-refractivity contribution in [3.63, 3.8) is 0 Å². The predicted molar refractivity (Wildman–Crippen MR) is 90.4 cm³/mol. The summed E-state index contributed by atoms with van der Waals surface area (Å²) in [6, 6.07) is 11.6. The highest BCUT2D eigenvalue weighted by molar-refractivity contribution is 7.89. The summed E-state index contributed by atoms with van der Waals surface area (Å²) in [5.41, 5.74) is 1.57. The van der Waals surface area contributed by atoms with Gasteiger partial charge in [0, 0.05) is 23.0 Å². The molecule has 8 heteroatoms. The van der Waals surface area contributed by atoms with Gasteiger partial charge in [0.05, 0.1) is 10.7 Å². The van der Waals surface area contributed by atoms with Gasteiger partial charge in [-0.1, -0.05) is 35.3 Å². The van der Waals surface area contributed by atoms with Crippen LogP contribution >= 0.6 is 23.2 Å². The lowest BCUT2D eigenvalue weighted by Crippen LogP contribution is -2.16. The van der Waals surface area contributed by atoms with Crippen molar-refractivity contribution >= 4 is 33.2 Å². The normalized spacial score (nSPS) is 11.6. The van der Waals surface area contributed by atoms with E-state index in [0.717, 1.165) is 5.56 Å². The fourth-order valence-electron chi connectivity index (χ4n) is 2.21. The molecule has 0 fully saturated rings. The average molecular weight is 368 g/mol. The Morgan fingerprint density at radius 3 is 2.35 bits per heavy atom. The lowest BCUT2D eigenvalue weighted by atomic mass is 10.1. The molecule has 23 heavy (non-hydrogen) atoms. The molecular formula is C15H11Cl2N3O2S. The van der Waals surface area contributed by atoms with Gasteiger partial charge in [0.25, 0.3) is 0 Å². The third-order valence-electron chi connectivity index (χ3n) is 3.26. The van der Waals surface area contributed by atoms with Gasteiger partial charge in [0.15, 0.2) is 0 Å². The first-order valence-electron chi connectivity index (χ1n) is 6.48. The Hall–Kier alpha value is -1.86. The molecule has 3 rings (SSSR count). The molecule has 0 unspecified atom stereocenters. The molecule has 1 aromatic heterocycles. The number of nitrogens with zero attached hydrogens (tertiary/aromatic N) is 2. The van der Waals surface area contributed by atoms with Crippen molar-refractivity contribution < 1.29 is 8.42 Å². The van der Waals surface area contributed by atoms with Crippen LogP contribution in [-0.4, -0.2) is 18.2 Å². The van der Waals surface area contributed by atoms with E-state index in [2.05, 4.69) is 5.10 Å². The van der Waals surface area contributed by atoms with Gasteiger partial charge in [-0.3, -0.25) is 0 Å². The van der Waals surface area contributed by atoms with Crippen LogP contribution in [0.2, 0.25) is 10.0 Å². The summed E-state index contributed by atoms with van der Waals surface area (Å²) in [5.74, 6) is 0. The van der Waals surface area contributed by atoms with Gasteiger partial charge in [-0.05, 0) is 35.9 Å². The first kappa shape index (κ1) is 16.0. The van der Waals surface area contributed by atoms with Crippen LogP contribution in [0.15, 0.2) is 59.8 Å². The third-order valence-corrected chi connectivity index (χ3v) is 4.77. The van der Waals surface area contributed by atoms with Gasteiger partial charge in [-0.2, -0.15) is 5.10 Å². The maximum Gasteiger partial charge on any atom is 0.240 e. The molecule has 0 bridgehead atoms. The average Bonchev–Trinajstić information content (AvgIpc) is 3.01. The van der Waals surface area contributed by atoms with E-state index in [1.807, 2.05) is 0 Å². The summed E-state index contributed by atoms with van der Waals surface area (Å²) in [7, 11) is -3.96. The molecule has 0 atom stereocenters. The lowest BCUT2D eigenvalue weighted by molar-refractivity contribution is 0.596. The molecule has 2 N–H and O–H groups in total. The van der Waals surface area contributed by atoms with Crippen LogP contribution in [0.3, 0.4) is 0 Å². The van der Waals surface area contributed by atoms with Gasteiger partial charge >= 0.3 is 0 Å². The second-order valence-electron chi connectivity index (χ2n) is 4.80. The van der Waals surface area contributed by atoms with Gasteiger partial charge < -0.3 is 0 Å². The summed E-state index contributed by atoms with van der Waals surface area (Å²) in [6.07, 6.45) is 3.15. The Bertz CT molecular complexity index is 953. The van der Waals surface area contributed by atoms with E-state index < -0.39 is 10.0 Å².